The Morgan fingerprint density at radius 3 is 2.50 bits per heavy atom. The molecule has 0 spiro atoms. The van der Waals surface area contributed by atoms with Crippen molar-refractivity contribution in [1.82, 2.24) is 0 Å². The van der Waals surface area contributed by atoms with E-state index in [1.807, 2.05) is 0 Å². The fourth-order valence-electron chi connectivity index (χ4n) is 1.67. The van der Waals surface area contributed by atoms with Crippen molar-refractivity contribution in [3.8, 4) is 0 Å². The maximum Gasteiger partial charge on any atom is 0.182 e. The van der Waals surface area contributed by atoms with E-state index >= 15 is 0 Å². The molecule has 0 unspecified atom stereocenters. The third kappa shape index (κ3) is 2.94. The molecule has 20 heavy (non-hydrogen) atoms. The summed E-state index contributed by atoms with van der Waals surface area (Å²) in [5.41, 5.74) is 6.02. The molecular formula is C13H8BrF3N2S. The Morgan fingerprint density at radius 2 is 1.85 bits per heavy atom. The van der Waals surface area contributed by atoms with Crippen molar-refractivity contribution in [3.05, 3.63) is 57.8 Å². The first-order chi connectivity index (χ1) is 9.40. The average molecular weight is 361 g/mol. The molecule has 0 amide bonds. The molecule has 2 aromatic rings. The molecule has 104 valence electrons. The minimum Gasteiger partial charge on any atom is -0.389 e. The lowest BCUT2D eigenvalue weighted by atomic mass is 10.1. The summed E-state index contributed by atoms with van der Waals surface area (Å²) in [6.45, 7) is 0. The van der Waals surface area contributed by atoms with Crippen molar-refractivity contribution >= 4 is 44.5 Å². The topological polar surface area (TPSA) is 38.0 Å². The number of benzene rings is 2. The molecule has 0 aliphatic heterocycles. The van der Waals surface area contributed by atoms with Gasteiger partial charge in [-0.3, -0.25) is 0 Å². The lowest BCUT2D eigenvalue weighted by molar-refractivity contribution is 0.498. The van der Waals surface area contributed by atoms with Crippen LogP contribution < -0.4 is 11.1 Å². The van der Waals surface area contributed by atoms with Gasteiger partial charge in [-0.2, -0.15) is 0 Å². The van der Waals surface area contributed by atoms with Gasteiger partial charge in [0.25, 0.3) is 0 Å². The van der Waals surface area contributed by atoms with Gasteiger partial charge in [-0.1, -0.05) is 18.3 Å². The van der Waals surface area contributed by atoms with Crippen molar-refractivity contribution in [2.24, 2.45) is 5.73 Å². The molecule has 0 aromatic heterocycles. The number of nitrogens with two attached hydrogens (primary N) is 1. The number of nitrogens with one attached hydrogen (secondary N) is 1. The number of hydrogen-bond acceptors (Lipinski definition) is 2. The molecule has 2 nitrogen and oxygen atoms in total. The summed E-state index contributed by atoms with van der Waals surface area (Å²) >= 11 is 8.16. The van der Waals surface area contributed by atoms with E-state index in [9.17, 15) is 13.2 Å². The highest BCUT2D eigenvalue weighted by Crippen LogP contribution is 2.29. The van der Waals surface area contributed by atoms with Gasteiger partial charge in [0.1, 0.15) is 10.8 Å². The average Bonchev–Trinajstić information content (AvgIpc) is 2.35. The van der Waals surface area contributed by atoms with E-state index in [1.165, 1.54) is 0 Å². The molecule has 0 saturated carbocycles. The predicted molar refractivity (Wildman–Crippen MR) is 79.6 cm³/mol. The van der Waals surface area contributed by atoms with Crippen molar-refractivity contribution in [3.63, 3.8) is 0 Å². The minimum atomic E-state index is -1.28. The fraction of sp³-hybridized carbons (Fsp3) is 0. The molecule has 0 bridgehead atoms. The summed E-state index contributed by atoms with van der Waals surface area (Å²) in [5, 5.41) is 2.59. The summed E-state index contributed by atoms with van der Waals surface area (Å²) in [6.07, 6.45) is 0. The molecule has 0 radical (unpaired) electrons. The first-order valence-corrected chi connectivity index (χ1v) is 6.60. The molecule has 7 heteroatoms. The number of halogens is 4. The van der Waals surface area contributed by atoms with Gasteiger partial charge in [0, 0.05) is 27.9 Å². The van der Waals surface area contributed by atoms with E-state index in [0.717, 1.165) is 6.07 Å². The van der Waals surface area contributed by atoms with Gasteiger partial charge >= 0.3 is 0 Å². The van der Waals surface area contributed by atoms with Crippen LogP contribution in [0, 0.1) is 17.5 Å². The van der Waals surface area contributed by atoms with Crippen LogP contribution in [0.25, 0.3) is 0 Å². The van der Waals surface area contributed by atoms with E-state index in [0.29, 0.717) is 21.8 Å². The highest BCUT2D eigenvalue weighted by molar-refractivity contribution is 9.10. The zero-order chi connectivity index (χ0) is 14.9. The van der Waals surface area contributed by atoms with E-state index < -0.39 is 17.5 Å². The Morgan fingerprint density at radius 1 is 1.15 bits per heavy atom. The summed E-state index contributed by atoms with van der Waals surface area (Å²) in [6, 6.07) is 6.24. The number of hydrogen-bond donors (Lipinski definition) is 2. The fourth-order valence-corrected chi connectivity index (χ4v) is 2.60. The molecule has 2 aromatic carbocycles. The highest BCUT2D eigenvalue weighted by atomic mass is 79.9. The maximum atomic E-state index is 13.6. The van der Waals surface area contributed by atoms with E-state index in [-0.39, 0.29) is 10.7 Å². The third-order valence-corrected chi connectivity index (χ3v) is 3.39. The van der Waals surface area contributed by atoms with Crippen LogP contribution in [0.15, 0.2) is 34.8 Å². The van der Waals surface area contributed by atoms with Gasteiger partial charge in [0.05, 0.1) is 5.69 Å². The molecule has 2 rings (SSSR count). The molecule has 0 heterocycles. The van der Waals surface area contributed by atoms with Crippen LogP contribution in [0.2, 0.25) is 0 Å². The highest BCUT2D eigenvalue weighted by Gasteiger charge is 2.14. The normalized spacial score (nSPS) is 10.4. The zero-order valence-corrected chi connectivity index (χ0v) is 12.3. The monoisotopic (exact) mass is 360 g/mol. The van der Waals surface area contributed by atoms with Gasteiger partial charge in [-0.25, -0.2) is 13.2 Å². The lowest BCUT2D eigenvalue weighted by Gasteiger charge is -2.13. The van der Waals surface area contributed by atoms with Crippen LogP contribution >= 0.6 is 28.1 Å². The van der Waals surface area contributed by atoms with Crippen molar-refractivity contribution in [1.29, 1.82) is 0 Å². The standard InChI is InChI=1S/C13H8BrF3N2S/c14-7-2-1-3-9(11(7)13(18)20)19-10-5-6(15)4-8(16)12(10)17/h1-5,19H,(H2,18,20). The maximum absolute atomic E-state index is 13.6. The Kier molecular flexibility index (Phi) is 4.29. The third-order valence-electron chi connectivity index (χ3n) is 2.52. The van der Waals surface area contributed by atoms with Gasteiger partial charge in [0.2, 0.25) is 0 Å². The van der Waals surface area contributed by atoms with Gasteiger partial charge in [-0.15, -0.1) is 0 Å². The Balaban J connectivity index is 2.51. The minimum absolute atomic E-state index is 0.0669. The summed E-state index contributed by atoms with van der Waals surface area (Å²) in [7, 11) is 0. The lowest BCUT2D eigenvalue weighted by Crippen LogP contribution is -2.13. The molecular weight excluding hydrogens is 353 g/mol. The van der Waals surface area contributed by atoms with Crippen LogP contribution in [-0.4, -0.2) is 4.99 Å². The Labute approximate surface area is 126 Å². The van der Waals surface area contributed by atoms with Gasteiger partial charge < -0.3 is 11.1 Å². The second-order valence-corrected chi connectivity index (χ2v) is 5.19. The van der Waals surface area contributed by atoms with Gasteiger partial charge in [-0.05, 0) is 28.1 Å². The smallest absolute Gasteiger partial charge is 0.182 e. The first kappa shape index (κ1) is 14.8. The molecule has 3 N–H and O–H groups in total. The van der Waals surface area contributed by atoms with Crippen LogP contribution in [0.3, 0.4) is 0 Å². The molecule has 0 atom stereocenters. The summed E-state index contributed by atoms with van der Waals surface area (Å²) < 4.78 is 40.5. The molecule has 0 saturated heterocycles. The first-order valence-electron chi connectivity index (χ1n) is 5.40. The second-order valence-electron chi connectivity index (χ2n) is 3.90. The van der Waals surface area contributed by atoms with Crippen LogP contribution in [0.1, 0.15) is 5.56 Å². The number of rotatable bonds is 3. The summed E-state index contributed by atoms with van der Waals surface area (Å²) in [4.78, 5) is 0.0669. The van der Waals surface area contributed by atoms with Crippen molar-refractivity contribution in [2.45, 2.75) is 0 Å². The molecule has 0 aliphatic rings. The van der Waals surface area contributed by atoms with E-state index in [2.05, 4.69) is 21.2 Å². The molecule has 0 aliphatic carbocycles. The van der Waals surface area contributed by atoms with Crippen LogP contribution in [0.5, 0.6) is 0 Å². The number of thiocarbonyl (C=S) groups is 1. The van der Waals surface area contributed by atoms with Crippen molar-refractivity contribution < 1.29 is 13.2 Å². The number of anilines is 2. The largest absolute Gasteiger partial charge is 0.389 e. The second kappa shape index (κ2) is 5.80. The molecule has 0 fully saturated rings. The van der Waals surface area contributed by atoms with Crippen LogP contribution in [-0.2, 0) is 0 Å². The van der Waals surface area contributed by atoms with Crippen molar-refractivity contribution in [2.75, 3.05) is 5.32 Å². The zero-order valence-electron chi connectivity index (χ0n) is 9.88. The Hall–Kier alpha value is -1.60. The summed E-state index contributed by atoms with van der Waals surface area (Å²) in [5.74, 6) is -3.35. The SMILES string of the molecule is NC(=S)c1c(Br)cccc1Nc1cc(F)cc(F)c1F. The Bertz CT molecular complexity index is 692. The van der Waals surface area contributed by atoms with Gasteiger partial charge in [0.15, 0.2) is 11.6 Å². The van der Waals surface area contributed by atoms with E-state index in [4.69, 9.17) is 18.0 Å². The quantitative estimate of drug-likeness (QED) is 0.634. The van der Waals surface area contributed by atoms with E-state index in [1.54, 1.807) is 18.2 Å². The predicted octanol–water partition coefficient (Wildman–Crippen LogP) is 4.24. The van der Waals surface area contributed by atoms with Crippen LogP contribution in [0.4, 0.5) is 24.5 Å².